The average Bonchev–Trinajstić information content (AvgIpc) is 2.58. The summed E-state index contributed by atoms with van der Waals surface area (Å²) in [5.41, 5.74) is 2.20. The van der Waals surface area contributed by atoms with Gasteiger partial charge in [0.15, 0.2) is 0 Å². The molecule has 0 aliphatic heterocycles. The van der Waals surface area contributed by atoms with Gasteiger partial charge in [0.2, 0.25) is 0 Å². The van der Waals surface area contributed by atoms with Crippen molar-refractivity contribution in [2.24, 2.45) is 0 Å². The topological polar surface area (TPSA) is 38.3 Å². The molecule has 0 aliphatic carbocycles. The van der Waals surface area contributed by atoms with Crippen molar-refractivity contribution in [2.45, 2.75) is 0 Å². The van der Waals surface area contributed by atoms with Crippen LogP contribution in [0.1, 0.15) is 11.1 Å². The lowest BCUT2D eigenvalue weighted by molar-refractivity contribution is -0.115. The molecule has 0 aromatic heterocycles. The number of terminal acetylenes is 1. The number of ether oxygens (including phenoxy) is 1. The molecule has 0 unspecified atom stereocenters. The zero-order valence-corrected chi connectivity index (χ0v) is 12.4. The Morgan fingerprint density at radius 2 is 1.86 bits per heavy atom. The fraction of sp³-hybridized carbons (Fsp3) is 0.105. The van der Waals surface area contributed by atoms with Crippen LogP contribution in [-0.2, 0) is 4.79 Å². The van der Waals surface area contributed by atoms with Crippen LogP contribution >= 0.6 is 0 Å². The lowest BCUT2D eigenvalue weighted by atomic mass is 10.0. The molecule has 110 valence electrons. The van der Waals surface area contributed by atoms with Crippen LogP contribution in [0.25, 0.3) is 11.6 Å². The van der Waals surface area contributed by atoms with Crippen molar-refractivity contribution >= 4 is 17.6 Å². The van der Waals surface area contributed by atoms with Crippen LogP contribution in [-0.4, -0.2) is 19.6 Å². The normalized spacial score (nSPS) is 10.6. The molecule has 0 bridgehead atoms. The van der Waals surface area contributed by atoms with Crippen molar-refractivity contribution in [2.75, 3.05) is 13.7 Å². The minimum atomic E-state index is -0.213. The fourth-order valence-electron chi connectivity index (χ4n) is 2.07. The van der Waals surface area contributed by atoms with E-state index < -0.39 is 0 Å². The number of para-hydroxylation sites is 1. The molecular weight excluding hydrogens is 274 g/mol. The summed E-state index contributed by atoms with van der Waals surface area (Å²) < 4.78 is 5.33. The molecule has 3 nitrogen and oxygen atoms in total. The molecule has 2 aromatic carbocycles. The SMILES string of the molecule is C#CCNC(=O)/C(=C/c1ccccc1OC)c1ccccc1. The van der Waals surface area contributed by atoms with Crippen molar-refractivity contribution < 1.29 is 9.53 Å². The third-order valence-electron chi connectivity index (χ3n) is 3.12. The Kier molecular flexibility index (Phi) is 5.39. The van der Waals surface area contributed by atoms with Gasteiger partial charge in [0.25, 0.3) is 5.91 Å². The van der Waals surface area contributed by atoms with Crippen LogP contribution in [0, 0.1) is 12.3 Å². The lowest BCUT2D eigenvalue weighted by Gasteiger charge is -2.10. The van der Waals surface area contributed by atoms with E-state index in [9.17, 15) is 4.79 Å². The molecule has 2 rings (SSSR count). The van der Waals surface area contributed by atoms with E-state index in [0.717, 1.165) is 11.1 Å². The van der Waals surface area contributed by atoms with E-state index in [0.29, 0.717) is 11.3 Å². The van der Waals surface area contributed by atoms with Gasteiger partial charge in [-0.15, -0.1) is 6.42 Å². The summed E-state index contributed by atoms with van der Waals surface area (Å²) in [4.78, 5) is 12.4. The number of hydrogen-bond donors (Lipinski definition) is 1. The molecule has 1 N–H and O–H groups in total. The zero-order valence-electron chi connectivity index (χ0n) is 12.4. The molecule has 0 heterocycles. The van der Waals surface area contributed by atoms with Crippen molar-refractivity contribution in [3.05, 3.63) is 65.7 Å². The van der Waals surface area contributed by atoms with E-state index in [4.69, 9.17) is 11.2 Å². The first kappa shape index (κ1) is 15.4. The summed E-state index contributed by atoms with van der Waals surface area (Å²) in [5, 5.41) is 2.70. The quantitative estimate of drug-likeness (QED) is 0.522. The lowest BCUT2D eigenvalue weighted by Crippen LogP contribution is -2.24. The van der Waals surface area contributed by atoms with Crippen LogP contribution < -0.4 is 10.1 Å². The number of carbonyl (C=O) groups excluding carboxylic acids is 1. The van der Waals surface area contributed by atoms with Gasteiger partial charge in [-0.3, -0.25) is 4.79 Å². The van der Waals surface area contributed by atoms with E-state index >= 15 is 0 Å². The molecule has 0 spiro atoms. The molecular formula is C19H17NO2. The summed E-state index contributed by atoms with van der Waals surface area (Å²) in [7, 11) is 1.60. The largest absolute Gasteiger partial charge is 0.496 e. The standard InChI is InChI=1S/C19H17NO2/c1-3-13-20-19(21)17(15-9-5-4-6-10-15)14-16-11-7-8-12-18(16)22-2/h1,4-12,14H,13H2,2H3,(H,20,21)/b17-14+. The van der Waals surface area contributed by atoms with Gasteiger partial charge in [-0.25, -0.2) is 0 Å². The Morgan fingerprint density at radius 3 is 2.55 bits per heavy atom. The third-order valence-corrected chi connectivity index (χ3v) is 3.12. The Morgan fingerprint density at radius 1 is 1.18 bits per heavy atom. The minimum Gasteiger partial charge on any atom is -0.496 e. The predicted molar refractivity (Wildman–Crippen MR) is 89.1 cm³/mol. The molecule has 0 atom stereocenters. The van der Waals surface area contributed by atoms with Gasteiger partial charge in [-0.05, 0) is 17.7 Å². The van der Waals surface area contributed by atoms with Crippen molar-refractivity contribution in [1.29, 1.82) is 0 Å². The molecule has 3 heteroatoms. The second-order valence-corrected chi connectivity index (χ2v) is 4.55. The van der Waals surface area contributed by atoms with E-state index in [1.54, 1.807) is 13.2 Å². The Bertz CT molecular complexity index is 712. The number of nitrogens with one attached hydrogen (secondary N) is 1. The minimum absolute atomic E-state index is 0.189. The van der Waals surface area contributed by atoms with Gasteiger partial charge < -0.3 is 10.1 Å². The van der Waals surface area contributed by atoms with Crippen molar-refractivity contribution in [1.82, 2.24) is 5.32 Å². The maximum absolute atomic E-state index is 12.4. The Balaban J connectivity index is 2.46. The smallest absolute Gasteiger partial charge is 0.252 e. The second kappa shape index (κ2) is 7.70. The first-order valence-corrected chi connectivity index (χ1v) is 6.88. The van der Waals surface area contributed by atoms with E-state index in [2.05, 4.69) is 11.2 Å². The fourth-order valence-corrected chi connectivity index (χ4v) is 2.07. The third kappa shape index (κ3) is 3.77. The number of benzene rings is 2. The summed E-state index contributed by atoms with van der Waals surface area (Å²) in [5.74, 6) is 2.90. The maximum atomic E-state index is 12.4. The Hall–Kier alpha value is -2.99. The van der Waals surface area contributed by atoms with Crippen LogP contribution in [0.4, 0.5) is 0 Å². The monoisotopic (exact) mass is 291 g/mol. The highest BCUT2D eigenvalue weighted by Gasteiger charge is 2.12. The summed E-state index contributed by atoms with van der Waals surface area (Å²) in [6.07, 6.45) is 7.02. The van der Waals surface area contributed by atoms with Crippen LogP contribution in [0.3, 0.4) is 0 Å². The van der Waals surface area contributed by atoms with Crippen LogP contribution in [0.5, 0.6) is 5.75 Å². The van der Waals surface area contributed by atoms with Crippen molar-refractivity contribution in [3.8, 4) is 18.1 Å². The summed E-state index contributed by atoms with van der Waals surface area (Å²) in [6, 6.07) is 17.0. The van der Waals surface area contributed by atoms with Gasteiger partial charge in [0, 0.05) is 11.1 Å². The van der Waals surface area contributed by atoms with E-state index in [1.165, 1.54) is 0 Å². The van der Waals surface area contributed by atoms with Gasteiger partial charge in [-0.1, -0.05) is 54.5 Å². The van der Waals surface area contributed by atoms with Gasteiger partial charge in [0.1, 0.15) is 5.75 Å². The highest BCUT2D eigenvalue weighted by Crippen LogP contribution is 2.24. The molecule has 0 fully saturated rings. The molecule has 2 aromatic rings. The number of carbonyl (C=O) groups is 1. The van der Waals surface area contributed by atoms with Crippen LogP contribution in [0.2, 0.25) is 0 Å². The van der Waals surface area contributed by atoms with E-state index in [1.807, 2.05) is 54.6 Å². The number of methoxy groups -OCH3 is 1. The Labute approximate surface area is 130 Å². The van der Waals surface area contributed by atoms with Gasteiger partial charge in [-0.2, -0.15) is 0 Å². The molecule has 1 amide bonds. The predicted octanol–water partition coefficient (Wildman–Crippen LogP) is 2.99. The molecule has 0 saturated carbocycles. The highest BCUT2D eigenvalue weighted by molar-refractivity contribution is 6.24. The van der Waals surface area contributed by atoms with Crippen LogP contribution in [0.15, 0.2) is 54.6 Å². The molecule has 0 radical (unpaired) electrons. The highest BCUT2D eigenvalue weighted by atomic mass is 16.5. The van der Waals surface area contributed by atoms with E-state index in [-0.39, 0.29) is 12.5 Å². The second-order valence-electron chi connectivity index (χ2n) is 4.55. The number of hydrogen-bond acceptors (Lipinski definition) is 2. The summed E-state index contributed by atoms with van der Waals surface area (Å²) >= 11 is 0. The zero-order chi connectivity index (χ0) is 15.8. The number of rotatable bonds is 5. The molecule has 0 saturated heterocycles. The molecule has 22 heavy (non-hydrogen) atoms. The average molecular weight is 291 g/mol. The maximum Gasteiger partial charge on any atom is 0.252 e. The first-order chi connectivity index (χ1) is 10.8. The summed E-state index contributed by atoms with van der Waals surface area (Å²) in [6.45, 7) is 0.189. The van der Waals surface area contributed by atoms with Gasteiger partial charge >= 0.3 is 0 Å². The first-order valence-electron chi connectivity index (χ1n) is 6.88. The van der Waals surface area contributed by atoms with Crippen molar-refractivity contribution in [3.63, 3.8) is 0 Å². The van der Waals surface area contributed by atoms with Gasteiger partial charge in [0.05, 0.1) is 13.7 Å². The molecule has 0 aliphatic rings. The number of amides is 1.